The number of hydrogen-bond donors (Lipinski definition) is 2. The van der Waals surface area contributed by atoms with Gasteiger partial charge in [-0.2, -0.15) is 0 Å². The number of rotatable bonds is 4. The van der Waals surface area contributed by atoms with Gasteiger partial charge in [0.25, 0.3) is 0 Å². The number of hydrogen-bond acceptors (Lipinski definition) is 3. The third-order valence-electron chi connectivity index (χ3n) is 3.96. The average Bonchev–Trinajstić information content (AvgIpc) is 2.42. The Kier molecular flexibility index (Phi) is 5.07. The fraction of sp³-hybridized carbons (Fsp3) is 0.600. The highest BCUT2D eigenvalue weighted by Crippen LogP contribution is 2.24. The van der Waals surface area contributed by atoms with Gasteiger partial charge in [-0.1, -0.05) is 12.5 Å². The van der Waals surface area contributed by atoms with E-state index in [4.69, 9.17) is 0 Å². The summed E-state index contributed by atoms with van der Waals surface area (Å²) in [6.45, 7) is 2.86. The minimum atomic E-state index is -0.952. The summed E-state index contributed by atoms with van der Waals surface area (Å²) < 4.78 is 26.1. The molecule has 3 atom stereocenters. The minimum absolute atomic E-state index is 0.0173. The Morgan fingerprint density at radius 1 is 1.25 bits per heavy atom. The van der Waals surface area contributed by atoms with E-state index in [0.717, 1.165) is 37.9 Å². The van der Waals surface area contributed by atoms with Gasteiger partial charge in [-0.15, -0.1) is 0 Å². The molecule has 1 aromatic rings. The Labute approximate surface area is 117 Å². The summed E-state index contributed by atoms with van der Waals surface area (Å²) in [4.78, 5) is 2.03. The van der Waals surface area contributed by atoms with Crippen LogP contribution in [0.5, 0.6) is 0 Å². The average molecular weight is 285 g/mol. The largest absolute Gasteiger partial charge is 0.392 e. The van der Waals surface area contributed by atoms with Crippen molar-refractivity contribution in [1.82, 2.24) is 4.90 Å². The Balaban J connectivity index is 2.05. The molecule has 1 aliphatic heterocycles. The van der Waals surface area contributed by atoms with Gasteiger partial charge in [-0.25, -0.2) is 8.78 Å². The second-order valence-corrected chi connectivity index (χ2v) is 5.49. The van der Waals surface area contributed by atoms with E-state index in [0.29, 0.717) is 12.1 Å². The second kappa shape index (κ2) is 6.61. The zero-order valence-corrected chi connectivity index (χ0v) is 11.6. The number of aliphatic hydroxyl groups excluding tert-OH is 2. The highest BCUT2D eigenvalue weighted by atomic mass is 19.2. The third-order valence-corrected chi connectivity index (χ3v) is 3.96. The molecule has 0 spiro atoms. The predicted octanol–water partition coefficient (Wildman–Crippen LogP) is 2.23. The molecule has 20 heavy (non-hydrogen) atoms. The van der Waals surface area contributed by atoms with E-state index in [1.165, 1.54) is 6.07 Å². The molecule has 0 radical (unpaired) electrons. The summed E-state index contributed by atoms with van der Waals surface area (Å²) in [6.07, 6.45) is 1.63. The van der Waals surface area contributed by atoms with Gasteiger partial charge in [-0.3, -0.25) is 4.90 Å². The van der Waals surface area contributed by atoms with Crippen LogP contribution >= 0.6 is 0 Å². The van der Waals surface area contributed by atoms with Crippen LogP contribution in [0.4, 0.5) is 8.78 Å². The topological polar surface area (TPSA) is 43.7 Å². The molecule has 112 valence electrons. The lowest BCUT2D eigenvalue weighted by Gasteiger charge is -2.38. The molecular weight excluding hydrogens is 264 g/mol. The Hall–Kier alpha value is -1.04. The molecular formula is C15H21F2NO2. The highest BCUT2D eigenvalue weighted by molar-refractivity contribution is 5.20. The SMILES string of the molecule is CC(O)C1CCCCN1CC(O)c1ccc(F)c(F)c1. The van der Waals surface area contributed by atoms with E-state index >= 15 is 0 Å². The van der Waals surface area contributed by atoms with Crippen molar-refractivity contribution < 1.29 is 19.0 Å². The predicted molar refractivity (Wildman–Crippen MR) is 72.2 cm³/mol. The van der Waals surface area contributed by atoms with Crippen molar-refractivity contribution in [1.29, 1.82) is 0 Å². The summed E-state index contributed by atoms with van der Waals surface area (Å²) in [6, 6.07) is 3.46. The molecule has 5 heteroatoms. The lowest BCUT2D eigenvalue weighted by Crippen LogP contribution is -2.47. The highest BCUT2D eigenvalue weighted by Gasteiger charge is 2.28. The molecule has 2 rings (SSSR count). The molecule has 0 amide bonds. The van der Waals surface area contributed by atoms with Crippen LogP contribution in [0.25, 0.3) is 0 Å². The van der Waals surface area contributed by atoms with Crippen molar-refractivity contribution in [2.24, 2.45) is 0 Å². The van der Waals surface area contributed by atoms with Crippen LogP contribution in [0.15, 0.2) is 18.2 Å². The molecule has 0 aliphatic carbocycles. The van der Waals surface area contributed by atoms with Crippen molar-refractivity contribution in [3.8, 4) is 0 Å². The molecule has 3 nitrogen and oxygen atoms in total. The van der Waals surface area contributed by atoms with Crippen LogP contribution in [0.2, 0.25) is 0 Å². The molecule has 1 aromatic carbocycles. The number of β-amino-alcohol motifs (C(OH)–C–C–N with tert-alkyl or cyclic N) is 1. The first-order valence-corrected chi connectivity index (χ1v) is 7.04. The minimum Gasteiger partial charge on any atom is -0.392 e. The van der Waals surface area contributed by atoms with Gasteiger partial charge in [-0.05, 0) is 44.0 Å². The van der Waals surface area contributed by atoms with Crippen LogP contribution in [-0.4, -0.2) is 40.3 Å². The van der Waals surface area contributed by atoms with Gasteiger partial charge in [0.05, 0.1) is 12.2 Å². The number of piperidine rings is 1. The van der Waals surface area contributed by atoms with E-state index < -0.39 is 23.8 Å². The summed E-state index contributed by atoms with van der Waals surface area (Å²) in [5.41, 5.74) is 0.360. The first-order valence-electron chi connectivity index (χ1n) is 7.04. The molecule has 1 heterocycles. The molecule has 0 saturated carbocycles. The van der Waals surface area contributed by atoms with Crippen molar-refractivity contribution in [2.75, 3.05) is 13.1 Å². The Morgan fingerprint density at radius 2 is 2.00 bits per heavy atom. The summed E-state index contributed by atoms with van der Waals surface area (Å²) in [5, 5.41) is 20.0. The lowest BCUT2D eigenvalue weighted by atomic mass is 9.97. The van der Waals surface area contributed by atoms with Crippen LogP contribution in [0.3, 0.4) is 0 Å². The number of likely N-dealkylation sites (tertiary alicyclic amines) is 1. The normalized spacial score (nSPS) is 23.6. The fourth-order valence-electron chi connectivity index (χ4n) is 2.84. The van der Waals surface area contributed by atoms with Crippen molar-refractivity contribution in [3.63, 3.8) is 0 Å². The summed E-state index contributed by atoms with van der Waals surface area (Å²) >= 11 is 0. The quantitative estimate of drug-likeness (QED) is 0.891. The first kappa shape index (κ1) is 15.4. The van der Waals surface area contributed by atoms with E-state index in [-0.39, 0.29) is 6.04 Å². The molecule has 3 unspecified atom stereocenters. The van der Waals surface area contributed by atoms with Crippen molar-refractivity contribution >= 4 is 0 Å². The number of aliphatic hydroxyl groups is 2. The zero-order chi connectivity index (χ0) is 14.7. The van der Waals surface area contributed by atoms with Gasteiger partial charge in [0.1, 0.15) is 0 Å². The Morgan fingerprint density at radius 3 is 2.65 bits per heavy atom. The van der Waals surface area contributed by atoms with E-state index in [1.54, 1.807) is 6.92 Å². The fourth-order valence-corrected chi connectivity index (χ4v) is 2.84. The number of benzene rings is 1. The maximum atomic E-state index is 13.2. The number of halogens is 2. The van der Waals surface area contributed by atoms with Crippen LogP contribution < -0.4 is 0 Å². The van der Waals surface area contributed by atoms with Gasteiger partial charge in [0, 0.05) is 12.6 Å². The van der Waals surface area contributed by atoms with Gasteiger partial charge < -0.3 is 10.2 Å². The van der Waals surface area contributed by atoms with Crippen LogP contribution in [0, 0.1) is 11.6 Å². The smallest absolute Gasteiger partial charge is 0.159 e. The first-order chi connectivity index (χ1) is 9.49. The van der Waals surface area contributed by atoms with Crippen molar-refractivity contribution in [2.45, 2.75) is 44.4 Å². The molecule has 1 fully saturated rings. The maximum absolute atomic E-state index is 13.2. The summed E-state index contributed by atoms with van der Waals surface area (Å²) in [5.74, 6) is -1.87. The molecule has 0 aromatic heterocycles. The zero-order valence-electron chi connectivity index (χ0n) is 11.6. The van der Waals surface area contributed by atoms with Crippen LogP contribution in [-0.2, 0) is 0 Å². The molecule has 2 N–H and O–H groups in total. The van der Waals surface area contributed by atoms with Crippen LogP contribution in [0.1, 0.15) is 37.9 Å². The van der Waals surface area contributed by atoms with Crippen molar-refractivity contribution in [3.05, 3.63) is 35.4 Å². The molecule has 0 bridgehead atoms. The molecule has 1 saturated heterocycles. The standard InChI is InChI=1S/C15H21F2NO2/c1-10(19)14-4-2-3-7-18(14)9-15(20)11-5-6-12(16)13(17)8-11/h5-6,8,10,14-15,19-20H,2-4,7,9H2,1H3. The van der Waals surface area contributed by atoms with E-state index in [2.05, 4.69) is 0 Å². The van der Waals surface area contributed by atoms with E-state index in [9.17, 15) is 19.0 Å². The second-order valence-electron chi connectivity index (χ2n) is 5.49. The number of nitrogens with zero attached hydrogens (tertiary/aromatic N) is 1. The summed E-state index contributed by atoms with van der Waals surface area (Å²) in [7, 11) is 0. The maximum Gasteiger partial charge on any atom is 0.159 e. The van der Waals surface area contributed by atoms with Gasteiger partial charge in [0.2, 0.25) is 0 Å². The molecule has 1 aliphatic rings. The van der Waals surface area contributed by atoms with Gasteiger partial charge in [0.15, 0.2) is 11.6 Å². The van der Waals surface area contributed by atoms with Gasteiger partial charge >= 0.3 is 0 Å². The lowest BCUT2D eigenvalue weighted by molar-refractivity contribution is 0.00755. The monoisotopic (exact) mass is 285 g/mol. The van der Waals surface area contributed by atoms with E-state index in [1.807, 2.05) is 4.90 Å². The third kappa shape index (κ3) is 3.53. The Bertz CT molecular complexity index is 453.